The molecule has 0 N–H and O–H groups in total. The summed E-state index contributed by atoms with van der Waals surface area (Å²) in [7, 11) is 3.80. The Labute approximate surface area is 167 Å². The van der Waals surface area contributed by atoms with Gasteiger partial charge < -0.3 is 14.4 Å². The van der Waals surface area contributed by atoms with Gasteiger partial charge in [-0.3, -0.25) is 9.48 Å². The van der Waals surface area contributed by atoms with E-state index < -0.39 is 6.10 Å². The third-order valence-electron chi connectivity index (χ3n) is 5.21. The van der Waals surface area contributed by atoms with Crippen LogP contribution >= 0.6 is 0 Å². The summed E-state index contributed by atoms with van der Waals surface area (Å²) in [5.74, 6) is 0.0176. The van der Waals surface area contributed by atoms with Crippen molar-refractivity contribution in [2.75, 3.05) is 26.8 Å². The van der Waals surface area contributed by atoms with Gasteiger partial charge in [0, 0.05) is 27.2 Å². The van der Waals surface area contributed by atoms with Gasteiger partial charge in [0.05, 0.1) is 24.1 Å². The van der Waals surface area contributed by atoms with E-state index in [2.05, 4.69) is 23.3 Å². The molecule has 152 valence electrons. The van der Waals surface area contributed by atoms with E-state index in [0.29, 0.717) is 13.2 Å². The van der Waals surface area contributed by atoms with Crippen LogP contribution < -0.4 is 0 Å². The molecule has 1 amide bonds. The monoisotopic (exact) mass is 385 g/mol. The van der Waals surface area contributed by atoms with Crippen LogP contribution in [0.2, 0.25) is 0 Å². The highest BCUT2D eigenvalue weighted by molar-refractivity contribution is 5.80. The summed E-state index contributed by atoms with van der Waals surface area (Å²) in [5.41, 5.74) is 3.31. The Morgan fingerprint density at radius 1 is 1.39 bits per heavy atom. The average Bonchev–Trinajstić information content (AvgIpc) is 3.35. The van der Waals surface area contributed by atoms with Gasteiger partial charge >= 0.3 is 0 Å². The van der Waals surface area contributed by atoms with Crippen molar-refractivity contribution in [3.05, 3.63) is 42.1 Å². The standard InChI is InChI=1S/C22H31N3O3/c1-17(28-16-20-12-8-14-27-20)22(26)24(2)13-7-11-19-15-21(25(3)23-19)18-9-5-4-6-10-18/h4-6,9-10,15,17,20H,7-8,11-14,16H2,1-3H3. The molecule has 0 bridgehead atoms. The smallest absolute Gasteiger partial charge is 0.251 e. The lowest BCUT2D eigenvalue weighted by Crippen LogP contribution is -2.38. The van der Waals surface area contributed by atoms with E-state index in [9.17, 15) is 4.79 Å². The zero-order valence-corrected chi connectivity index (χ0v) is 17.1. The fraction of sp³-hybridized carbons (Fsp3) is 0.545. The molecule has 1 saturated heterocycles. The van der Waals surface area contributed by atoms with Gasteiger partial charge in [0.2, 0.25) is 0 Å². The lowest BCUT2D eigenvalue weighted by atomic mass is 10.1. The zero-order valence-electron chi connectivity index (χ0n) is 17.1. The number of hydrogen-bond donors (Lipinski definition) is 0. The second kappa shape index (κ2) is 9.85. The number of aromatic nitrogens is 2. The number of ether oxygens (including phenoxy) is 2. The number of carbonyl (C=O) groups excluding carboxylic acids is 1. The van der Waals surface area contributed by atoms with E-state index in [-0.39, 0.29) is 12.0 Å². The first-order valence-electron chi connectivity index (χ1n) is 10.1. The van der Waals surface area contributed by atoms with Crippen LogP contribution in [0.5, 0.6) is 0 Å². The second-order valence-electron chi connectivity index (χ2n) is 7.48. The van der Waals surface area contributed by atoms with Crippen LogP contribution in [0.4, 0.5) is 0 Å². The fourth-order valence-electron chi connectivity index (χ4n) is 3.54. The number of likely N-dealkylation sites (N-methyl/N-ethyl adjacent to an activating group) is 1. The molecule has 6 heteroatoms. The van der Waals surface area contributed by atoms with Gasteiger partial charge in [-0.1, -0.05) is 30.3 Å². The summed E-state index contributed by atoms with van der Waals surface area (Å²) in [6.45, 7) is 3.80. The van der Waals surface area contributed by atoms with Gasteiger partial charge in [-0.05, 0) is 44.2 Å². The molecule has 0 saturated carbocycles. The molecule has 2 atom stereocenters. The zero-order chi connectivity index (χ0) is 19.9. The second-order valence-corrected chi connectivity index (χ2v) is 7.48. The van der Waals surface area contributed by atoms with Gasteiger partial charge in [-0.25, -0.2) is 0 Å². The number of hydrogen-bond acceptors (Lipinski definition) is 4. The van der Waals surface area contributed by atoms with Crippen LogP contribution in [0, 0.1) is 0 Å². The lowest BCUT2D eigenvalue weighted by molar-refractivity contribution is -0.143. The molecule has 1 fully saturated rings. The summed E-state index contributed by atoms with van der Waals surface area (Å²) in [4.78, 5) is 14.2. The van der Waals surface area contributed by atoms with Crippen molar-refractivity contribution in [1.82, 2.24) is 14.7 Å². The quantitative estimate of drug-likeness (QED) is 0.666. The fourth-order valence-corrected chi connectivity index (χ4v) is 3.54. The maximum atomic E-state index is 12.5. The van der Waals surface area contributed by atoms with Gasteiger partial charge in [0.1, 0.15) is 6.10 Å². The number of aryl methyl sites for hydroxylation is 2. The van der Waals surface area contributed by atoms with Crippen LogP contribution in [-0.2, 0) is 27.7 Å². The minimum Gasteiger partial charge on any atom is -0.376 e. The molecule has 0 radical (unpaired) electrons. The summed E-state index contributed by atoms with van der Waals surface area (Å²) < 4.78 is 13.2. The molecule has 0 spiro atoms. The van der Waals surface area contributed by atoms with Crippen LogP contribution in [0.3, 0.4) is 0 Å². The Kier molecular flexibility index (Phi) is 7.23. The molecule has 28 heavy (non-hydrogen) atoms. The Balaban J connectivity index is 1.43. The van der Waals surface area contributed by atoms with Crippen LogP contribution in [0.1, 0.15) is 31.9 Å². The summed E-state index contributed by atoms with van der Waals surface area (Å²) in [6.07, 6.45) is 3.51. The maximum absolute atomic E-state index is 12.5. The van der Waals surface area contributed by atoms with Crippen LogP contribution in [-0.4, -0.2) is 59.6 Å². The molecule has 0 aliphatic carbocycles. The molecule has 1 aliphatic rings. The minimum atomic E-state index is -0.436. The van der Waals surface area contributed by atoms with E-state index in [1.807, 2.05) is 43.9 Å². The molecular weight excluding hydrogens is 354 g/mol. The molecule has 1 aliphatic heterocycles. The largest absolute Gasteiger partial charge is 0.376 e. The Morgan fingerprint density at radius 3 is 2.89 bits per heavy atom. The Bertz CT molecular complexity index is 754. The first-order valence-corrected chi connectivity index (χ1v) is 10.1. The van der Waals surface area contributed by atoms with E-state index >= 15 is 0 Å². The summed E-state index contributed by atoms with van der Waals surface area (Å²) >= 11 is 0. The van der Waals surface area contributed by atoms with Crippen molar-refractivity contribution < 1.29 is 14.3 Å². The SMILES string of the molecule is CC(OCC1CCCO1)C(=O)N(C)CCCc1cc(-c2ccccc2)n(C)n1. The minimum absolute atomic E-state index is 0.0176. The van der Waals surface area contributed by atoms with E-state index in [1.54, 1.807) is 4.90 Å². The van der Waals surface area contributed by atoms with Gasteiger partial charge in [0.25, 0.3) is 5.91 Å². The van der Waals surface area contributed by atoms with Crippen molar-refractivity contribution in [2.24, 2.45) is 7.05 Å². The number of carbonyl (C=O) groups is 1. The van der Waals surface area contributed by atoms with E-state index in [4.69, 9.17) is 9.47 Å². The van der Waals surface area contributed by atoms with Crippen molar-refractivity contribution in [1.29, 1.82) is 0 Å². The number of rotatable bonds is 9. The molecule has 2 unspecified atom stereocenters. The van der Waals surface area contributed by atoms with E-state index in [0.717, 1.165) is 49.2 Å². The molecule has 6 nitrogen and oxygen atoms in total. The van der Waals surface area contributed by atoms with Crippen molar-refractivity contribution in [2.45, 2.75) is 44.8 Å². The average molecular weight is 386 g/mol. The first-order chi connectivity index (χ1) is 13.5. The first kappa shape index (κ1) is 20.6. The Hall–Kier alpha value is -2.18. The molecule has 2 aromatic rings. The maximum Gasteiger partial charge on any atom is 0.251 e. The number of nitrogens with zero attached hydrogens (tertiary/aromatic N) is 3. The van der Waals surface area contributed by atoms with Crippen molar-refractivity contribution >= 4 is 5.91 Å². The highest BCUT2D eigenvalue weighted by Crippen LogP contribution is 2.20. The molecule has 1 aromatic heterocycles. The highest BCUT2D eigenvalue weighted by Gasteiger charge is 2.22. The highest BCUT2D eigenvalue weighted by atomic mass is 16.5. The summed E-state index contributed by atoms with van der Waals surface area (Å²) in [5, 5.41) is 4.61. The number of benzene rings is 1. The van der Waals surface area contributed by atoms with E-state index in [1.165, 1.54) is 0 Å². The van der Waals surface area contributed by atoms with Crippen molar-refractivity contribution in [3.8, 4) is 11.3 Å². The third-order valence-corrected chi connectivity index (χ3v) is 5.21. The molecule has 1 aromatic carbocycles. The topological polar surface area (TPSA) is 56.6 Å². The van der Waals surface area contributed by atoms with Gasteiger partial charge in [0.15, 0.2) is 0 Å². The lowest BCUT2D eigenvalue weighted by Gasteiger charge is -2.22. The predicted molar refractivity (Wildman–Crippen MR) is 109 cm³/mol. The normalized spacial score (nSPS) is 17.6. The van der Waals surface area contributed by atoms with Crippen LogP contribution in [0.15, 0.2) is 36.4 Å². The molecular formula is C22H31N3O3. The molecule has 2 heterocycles. The van der Waals surface area contributed by atoms with Gasteiger partial charge in [-0.15, -0.1) is 0 Å². The molecule has 3 rings (SSSR count). The number of amides is 1. The van der Waals surface area contributed by atoms with Crippen molar-refractivity contribution in [3.63, 3.8) is 0 Å². The Morgan fingerprint density at radius 2 is 2.18 bits per heavy atom. The van der Waals surface area contributed by atoms with Crippen LogP contribution in [0.25, 0.3) is 11.3 Å². The summed E-state index contributed by atoms with van der Waals surface area (Å²) in [6, 6.07) is 12.4. The van der Waals surface area contributed by atoms with Gasteiger partial charge in [-0.2, -0.15) is 5.10 Å². The predicted octanol–water partition coefficient (Wildman–Crippen LogP) is 3.06. The third kappa shape index (κ3) is 5.42.